The molecule has 0 aromatic heterocycles. The summed E-state index contributed by atoms with van der Waals surface area (Å²) in [5.41, 5.74) is 2.14. The predicted molar refractivity (Wildman–Crippen MR) is 105 cm³/mol. The lowest BCUT2D eigenvalue weighted by molar-refractivity contribution is 0.0314. The minimum Gasteiger partial charge on any atom is -0.507 e. The monoisotopic (exact) mass is 368 g/mol. The third kappa shape index (κ3) is 5.49. The fourth-order valence-electron chi connectivity index (χ4n) is 3.49. The van der Waals surface area contributed by atoms with Crippen molar-refractivity contribution in [3.8, 4) is 11.5 Å². The van der Waals surface area contributed by atoms with Crippen LogP contribution in [0.15, 0.2) is 42.5 Å². The SMILES string of the molecule is C[C@@H]1CCCCCCCc2cc(OCc3ccccc3)cc(O)c2C(=O)O1. The van der Waals surface area contributed by atoms with Gasteiger partial charge in [0, 0.05) is 6.07 Å². The number of phenolic OH excluding ortho intramolecular Hbond substituents is 1. The fourth-order valence-corrected chi connectivity index (χ4v) is 3.49. The largest absolute Gasteiger partial charge is 0.507 e. The highest BCUT2D eigenvalue weighted by atomic mass is 16.5. The molecule has 0 bridgehead atoms. The van der Waals surface area contributed by atoms with Gasteiger partial charge in [-0.1, -0.05) is 49.6 Å². The topological polar surface area (TPSA) is 55.8 Å². The van der Waals surface area contributed by atoms with Gasteiger partial charge < -0.3 is 14.6 Å². The van der Waals surface area contributed by atoms with Crippen molar-refractivity contribution in [1.29, 1.82) is 0 Å². The van der Waals surface area contributed by atoms with Gasteiger partial charge in [-0.05, 0) is 49.8 Å². The molecule has 0 spiro atoms. The van der Waals surface area contributed by atoms with Gasteiger partial charge in [-0.25, -0.2) is 4.79 Å². The van der Waals surface area contributed by atoms with Crippen LogP contribution in [-0.4, -0.2) is 17.2 Å². The lowest BCUT2D eigenvalue weighted by atomic mass is 9.98. The van der Waals surface area contributed by atoms with E-state index in [0.717, 1.165) is 43.2 Å². The van der Waals surface area contributed by atoms with Crippen molar-refractivity contribution in [2.75, 3.05) is 0 Å². The van der Waals surface area contributed by atoms with Gasteiger partial charge in [-0.15, -0.1) is 0 Å². The Labute approximate surface area is 161 Å². The molecule has 0 amide bonds. The van der Waals surface area contributed by atoms with Gasteiger partial charge in [0.25, 0.3) is 0 Å². The fraction of sp³-hybridized carbons (Fsp3) is 0.435. The third-order valence-electron chi connectivity index (χ3n) is 4.99. The second kappa shape index (κ2) is 9.45. The summed E-state index contributed by atoms with van der Waals surface area (Å²) in [4.78, 5) is 12.6. The Hall–Kier alpha value is -2.49. The molecular weight excluding hydrogens is 340 g/mol. The lowest BCUT2D eigenvalue weighted by Crippen LogP contribution is -2.17. The van der Waals surface area contributed by atoms with Gasteiger partial charge in [0.2, 0.25) is 0 Å². The van der Waals surface area contributed by atoms with Crippen molar-refractivity contribution >= 4 is 5.97 Å². The molecule has 1 aliphatic heterocycles. The average molecular weight is 368 g/mol. The Bertz CT molecular complexity index is 754. The van der Waals surface area contributed by atoms with E-state index < -0.39 is 5.97 Å². The van der Waals surface area contributed by atoms with Crippen LogP contribution >= 0.6 is 0 Å². The van der Waals surface area contributed by atoms with Gasteiger partial charge in [-0.3, -0.25) is 0 Å². The van der Waals surface area contributed by atoms with E-state index in [1.165, 1.54) is 18.9 Å². The Kier molecular flexibility index (Phi) is 6.74. The number of hydrogen-bond acceptors (Lipinski definition) is 4. The number of rotatable bonds is 3. The number of fused-ring (bicyclic) bond motifs is 1. The number of ether oxygens (including phenoxy) is 2. The van der Waals surface area contributed by atoms with Crippen LogP contribution in [0.2, 0.25) is 0 Å². The molecule has 0 saturated carbocycles. The number of aryl methyl sites for hydroxylation is 1. The molecule has 2 aromatic rings. The summed E-state index contributed by atoms with van der Waals surface area (Å²) in [7, 11) is 0. The molecule has 1 atom stereocenters. The maximum absolute atomic E-state index is 12.6. The summed E-state index contributed by atoms with van der Waals surface area (Å²) >= 11 is 0. The number of aromatic hydroxyl groups is 1. The van der Waals surface area contributed by atoms with Crippen LogP contribution in [-0.2, 0) is 17.8 Å². The standard InChI is InChI=1S/C23H28O4/c1-17-10-6-3-2-4-9-13-19-14-20(15-21(24)22(19)23(25)27-17)26-16-18-11-7-5-8-12-18/h5,7-8,11-12,14-15,17,24H,2-4,6,9-10,13,16H2,1H3/t17-/m1/s1. The van der Waals surface area contributed by atoms with E-state index in [0.29, 0.717) is 12.4 Å². The van der Waals surface area contributed by atoms with E-state index >= 15 is 0 Å². The van der Waals surface area contributed by atoms with Gasteiger partial charge in [-0.2, -0.15) is 0 Å². The van der Waals surface area contributed by atoms with Crippen molar-refractivity contribution in [1.82, 2.24) is 0 Å². The third-order valence-corrected chi connectivity index (χ3v) is 4.99. The Morgan fingerprint density at radius 2 is 1.81 bits per heavy atom. The van der Waals surface area contributed by atoms with E-state index in [1.807, 2.05) is 43.3 Å². The highest BCUT2D eigenvalue weighted by Crippen LogP contribution is 2.31. The van der Waals surface area contributed by atoms with Crippen LogP contribution in [0.3, 0.4) is 0 Å². The van der Waals surface area contributed by atoms with Crippen LogP contribution < -0.4 is 4.74 Å². The first-order valence-corrected chi connectivity index (χ1v) is 9.87. The summed E-state index contributed by atoms with van der Waals surface area (Å²) in [6.45, 7) is 2.33. The van der Waals surface area contributed by atoms with Crippen molar-refractivity contribution < 1.29 is 19.4 Å². The lowest BCUT2D eigenvalue weighted by Gasteiger charge is -2.18. The van der Waals surface area contributed by atoms with E-state index in [4.69, 9.17) is 9.47 Å². The zero-order valence-electron chi connectivity index (χ0n) is 15.9. The Balaban J connectivity index is 1.82. The van der Waals surface area contributed by atoms with Gasteiger partial charge in [0.15, 0.2) is 0 Å². The molecule has 0 aliphatic carbocycles. The summed E-state index contributed by atoms with van der Waals surface area (Å²) in [5, 5.41) is 10.5. The molecule has 1 aliphatic rings. The minimum atomic E-state index is -0.440. The number of carbonyl (C=O) groups is 1. The van der Waals surface area contributed by atoms with Gasteiger partial charge >= 0.3 is 5.97 Å². The van der Waals surface area contributed by atoms with Crippen LogP contribution in [0.5, 0.6) is 11.5 Å². The zero-order valence-corrected chi connectivity index (χ0v) is 15.9. The molecule has 1 N–H and O–H groups in total. The molecule has 144 valence electrons. The molecule has 27 heavy (non-hydrogen) atoms. The molecule has 0 unspecified atom stereocenters. The second-order valence-corrected chi connectivity index (χ2v) is 7.27. The average Bonchev–Trinajstić information content (AvgIpc) is 2.65. The Morgan fingerprint density at radius 1 is 1.07 bits per heavy atom. The summed E-state index contributed by atoms with van der Waals surface area (Å²) in [6, 6.07) is 13.3. The first-order chi connectivity index (χ1) is 13.1. The van der Waals surface area contributed by atoms with Crippen LogP contribution in [0.25, 0.3) is 0 Å². The predicted octanol–water partition coefficient (Wildman–Crippen LogP) is 5.41. The highest BCUT2D eigenvalue weighted by molar-refractivity contribution is 5.94. The minimum absolute atomic E-state index is 0.0650. The normalized spacial score (nSPS) is 18.6. The molecule has 2 aromatic carbocycles. The van der Waals surface area contributed by atoms with E-state index in [1.54, 1.807) is 0 Å². The van der Waals surface area contributed by atoms with Gasteiger partial charge in [0.05, 0.1) is 6.10 Å². The molecule has 3 rings (SSSR count). The molecule has 0 saturated heterocycles. The Morgan fingerprint density at radius 3 is 2.63 bits per heavy atom. The number of esters is 1. The second-order valence-electron chi connectivity index (χ2n) is 7.27. The number of phenols is 1. The maximum Gasteiger partial charge on any atom is 0.342 e. The first-order valence-electron chi connectivity index (χ1n) is 9.87. The van der Waals surface area contributed by atoms with Crippen molar-refractivity contribution in [2.45, 2.75) is 64.6 Å². The number of carbonyl (C=O) groups excluding carboxylic acids is 1. The van der Waals surface area contributed by atoms with Crippen molar-refractivity contribution in [3.63, 3.8) is 0 Å². The van der Waals surface area contributed by atoms with Crippen molar-refractivity contribution in [3.05, 3.63) is 59.2 Å². The number of hydrogen-bond donors (Lipinski definition) is 1. The zero-order chi connectivity index (χ0) is 19.1. The van der Waals surface area contributed by atoms with Crippen molar-refractivity contribution in [2.24, 2.45) is 0 Å². The quantitative estimate of drug-likeness (QED) is 0.736. The molecular formula is C23H28O4. The molecule has 4 nitrogen and oxygen atoms in total. The molecule has 0 radical (unpaired) electrons. The molecule has 4 heteroatoms. The first kappa shape index (κ1) is 19.3. The number of cyclic esters (lactones) is 1. The smallest absolute Gasteiger partial charge is 0.342 e. The number of benzene rings is 2. The maximum atomic E-state index is 12.6. The van der Waals surface area contributed by atoms with E-state index in [-0.39, 0.29) is 17.4 Å². The summed E-state index contributed by atoms with van der Waals surface area (Å²) < 4.78 is 11.4. The highest BCUT2D eigenvalue weighted by Gasteiger charge is 2.22. The molecule has 0 fully saturated rings. The summed E-state index contributed by atoms with van der Waals surface area (Å²) in [5.74, 6) is 0.0676. The molecule has 1 heterocycles. The van der Waals surface area contributed by atoms with Crippen LogP contribution in [0.4, 0.5) is 0 Å². The van der Waals surface area contributed by atoms with Crippen LogP contribution in [0, 0.1) is 0 Å². The van der Waals surface area contributed by atoms with E-state index in [2.05, 4.69) is 0 Å². The van der Waals surface area contributed by atoms with E-state index in [9.17, 15) is 9.90 Å². The van der Waals surface area contributed by atoms with Crippen LogP contribution in [0.1, 0.15) is 66.9 Å². The van der Waals surface area contributed by atoms with Gasteiger partial charge in [0.1, 0.15) is 23.7 Å². The summed E-state index contributed by atoms with van der Waals surface area (Å²) in [6.07, 6.45) is 6.98.